The average molecular weight is 370 g/mol. The first-order chi connectivity index (χ1) is 11.6. The van der Waals surface area contributed by atoms with Crippen LogP contribution in [0, 0.1) is 11.8 Å². The van der Waals surface area contributed by atoms with E-state index < -0.39 is 0 Å². The Labute approximate surface area is 154 Å². The van der Waals surface area contributed by atoms with Crippen LogP contribution in [0.4, 0.5) is 0 Å². The van der Waals surface area contributed by atoms with E-state index in [0.29, 0.717) is 24.6 Å². The molecule has 0 radical (unpaired) electrons. The first kappa shape index (κ1) is 19.7. The quantitative estimate of drug-likeness (QED) is 0.745. The van der Waals surface area contributed by atoms with E-state index in [1.807, 2.05) is 4.90 Å². The van der Waals surface area contributed by atoms with Gasteiger partial charge < -0.3 is 15.5 Å². The highest BCUT2D eigenvalue weighted by Crippen LogP contribution is 2.27. The Balaban J connectivity index is 0.00000225. The van der Waals surface area contributed by atoms with Crippen LogP contribution in [0.5, 0.6) is 0 Å². The van der Waals surface area contributed by atoms with Crippen LogP contribution in [-0.2, 0) is 11.8 Å². The maximum atomic E-state index is 12.1. The topological polar surface area (TPSA) is 79.3 Å². The second-order valence-electron chi connectivity index (χ2n) is 7.01. The molecule has 0 unspecified atom stereocenters. The number of hydrogen-bond acceptors (Lipinski definition) is 4. The Morgan fingerprint density at radius 1 is 1.16 bits per heavy atom. The maximum absolute atomic E-state index is 12.1. The predicted octanol–water partition coefficient (Wildman–Crippen LogP) is 0.810. The van der Waals surface area contributed by atoms with E-state index in [-0.39, 0.29) is 24.2 Å². The SMILES string of the molecule is Cl.Cn1cc(C(=O)NCC2CCN(C(=O)CNCC3CC3)CC2)cn1. The Hall–Kier alpha value is -1.60. The molecule has 1 aliphatic carbocycles. The third kappa shape index (κ3) is 6.01. The van der Waals surface area contributed by atoms with Crippen molar-refractivity contribution in [2.45, 2.75) is 25.7 Å². The minimum absolute atomic E-state index is 0. The fraction of sp³-hybridized carbons (Fsp3) is 0.706. The van der Waals surface area contributed by atoms with E-state index in [1.165, 1.54) is 12.8 Å². The fourth-order valence-corrected chi connectivity index (χ4v) is 3.08. The first-order valence-electron chi connectivity index (χ1n) is 8.87. The van der Waals surface area contributed by atoms with Crippen molar-refractivity contribution in [2.75, 3.05) is 32.7 Å². The highest BCUT2D eigenvalue weighted by Gasteiger charge is 2.24. The van der Waals surface area contributed by atoms with Gasteiger partial charge in [-0.1, -0.05) is 0 Å². The molecule has 2 amide bonds. The molecule has 2 aliphatic rings. The van der Waals surface area contributed by atoms with Gasteiger partial charge in [0.05, 0.1) is 18.3 Å². The lowest BCUT2D eigenvalue weighted by Crippen LogP contribution is -2.44. The molecule has 2 fully saturated rings. The smallest absolute Gasteiger partial charge is 0.254 e. The number of aromatic nitrogens is 2. The number of rotatable bonds is 7. The Kier molecular flexibility index (Phi) is 7.25. The van der Waals surface area contributed by atoms with E-state index in [2.05, 4.69) is 15.7 Å². The number of likely N-dealkylation sites (tertiary alicyclic amines) is 1. The molecule has 3 rings (SSSR count). The van der Waals surface area contributed by atoms with E-state index in [9.17, 15) is 9.59 Å². The Morgan fingerprint density at radius 3 is 2.44 bits per heavy atom. The molecule has 25 heavy (non-hydrogen) atoms. The molecule has 1 aromatic rings. The van der Waals surface area contributed by atoms with Gasteiger partial charge in [0, 0.05) is 32.9 Å². The van der Waals surface area contributed by atoms with E-state index in [1.54, 1.807) is 24.1 Å². The Morgan fingerprint density at radius 2 is 1.84 bits per heavy atom. The summed E-state index contributed by atoms with van der Waals surface area (Å²) in [5.41, 5.74) is 0.590. The van der Waals surface area contributed by atoms with Gasteiger partial charge in [-0.2, -0.15) is 5.10 Å². The lowest BCUT2D eigenvalue weighted by molar-refractivity contribution is -0.131. The van der Waals surface area contributed by atoms with Crippen molar-refractivity contribution < 1.29 is 9.59 Å². The minimum atomic E-state index is -0.0779. The third-order valence-electron chi connectivity index (χ3n) is 4.89. The minimum Gasteiger partial charge on any atom is -0.352 e. The van der Waals surface area contributed by atoms with Gasteiger partial charge in [-0.3, -0.25) is 14.3 Å². The monoisotopic (exact) mass is 369 g/mol. The van der Waals surface area contributed by atoms with Crippen molar-refractivity contribution in [3.63, 3.8) is 0 Å². The van der Waals surface area contributed by atoms with Gasteiger partial charge in [0.25, 0.3) is 5.91 Å². The third-order valence-corrected chi connectivity index (χ3v) is 4.89. The molecule has 2 heterocycles. The van der Waals surface area contributed by atoms with Gasteiger partial charge in [-0.25, -0.2) is 0 Å². The predicted molar refractivity (Wildman–Crippen MR) is 97.7 cm³/mol. The van der Waals surface area contributed by atoms with Gasteiger partial charge in [-0.15, -0.1) is 12.4 Å². The normalized spacial score (nSPS) is 17.9. The number of carbonyl (C=O) groups excluding carboxylic acids is 2. The van der Waals surface area contributed by atoms with Crippen LogP contribution in [-0.4, -0.2) is 59.2 Å². The number of halogens is 1. The zero-order valence-electron chi connectivity index (χ0n) is 14.7. The number of aryl methyl sites for hydroxylation is 1. The number of carbonyl (C=O) groups is 2. The van der Waals surface area contributed by atoms with Crippen LogP contribution in [0.3, 0.4) is 0 Å². The zero-order chi connectivity index (χ0) is 16.9. The maximum Gasteiger partial charge on any atom is 0.254 e. The molecule has 1 aliphatic heterocycles. The summed E-state index contributed by atoms with van der Waals surface area (Å²) >= 11 is 0. The summed E-state index contributed by atoms with van der Waals surface area (Å²) in [6.45, 7) is 3.67. The van der Waals surface area contributed by atoms with Gasteiger partial charge in [0.2, 0.25) is 5.91 Å². The standard InChI is InChI=1S/C17H27N5O2.ClH/c1-21-12-15(10-20-21)17(24)19-9-14-4-6-22(7-5-14)16(23)11-18-8-13-2-3-13;/h10,12-14,18H,2-9,11H2,1H3,(H,19,24);1H. The van der Waals surface area contributed by atoms with Crippen molar-refractivity contribution in [1.82, 2.24) is 25.3 Å². The summed E-state index contributed by atoms with van der Waals surface area (Å²) in [5, 5.41) is 10.2. The van der Waals surface area contributed by atoms with Crippen molar-refractivity contribution in [2.24, 2.45) is 18.9 Å². The van der Waals surface area contributed by atoms with Crippen molar-refractivity contribution in [3.05, 3.63) is 18.0 Å². The molecular weight excluding hydrogens is 342 g/mol. The lowest BCUT2D eigenvalue weighted by Gasteiger charge is -2.32. The fourth-order valence-electron chi connectivity index (χ4n) is 3.08. The number of hydrogen-bond donors (Lipinski definition) is 2. The molecule has 1 saturated carbocycles. The molecule has 0 bridgehead atoms. The summed E-state index contributed by atoms with van der Waals surface area (Å²) in [6.07, 6.45) is 7.79. The van der Waals surface area contributed by atoms with Gasteiger partial charge in [0.1, 0.15) is 0 Å². The zero-order valence-corrected chi connectivity index (χ0v) is 15.6. The van der Waals surface area contributed by atoms with Gasteiger partial charge >= 0.3 is 0 Å². The summed E-state index contributed by atoms with van der Waals surface area (Å²) in [6, 6.07) is 0. The van der Waals surface area contributed by atoms with Crippen molar-refractivity contribution >= 4 is 24.2 Å². The molecule has 8 heteroatoms. The molecule has 2 N–H and O–H groups in total. The highest BCUT2D eigenvalue weighted by molar-refractivity contribution is 5.93. The first-order valence-corrected chi connectivity index (χ1v) is 8.87. The van der Waals surface area contributed by atoms with Gasteiger partial charge in [0.15, 0.2) is 0 Å². The van der Waals surface area contributed by atoms with Crippen LogP contribution >= 0.6 is 12.4 Å². The Bertz CT molecular complexity index is 579. The number of piperidine rings is 1. The number of nitrogens with one attached hydrogen (secondary N) is 2. The van der Waals surface area contributed by atoms with Crippen LogP contribution in [0.2, 0.25) is 0 Å². The summed E-state index contributed by atoms with van der Waals surface area (Å²) < 4.78 is 1.62. The van der Waals surface area contributed by atoms with Crippen LogP contribution in [0.25, 0.3) is 0 Å². The molecule has 1 saturated heterocycles. The molecule has 7 nitrogen and oxygen atoms in total. The average Bonchev–Trinajstić information content (AvgIpc) is 3.31. The molecule has 1 aromatic heterocycles. The van der Waals surface area contributed by atoms with Crippen molar-refractivity contribution in [1.29, 1.82) is 0 Å². The van der Waals surface area contributed by atoms with Gasteiger partial charge in [-0.05, 0) is 44.1 Å². The molecule has 0 spiro atoms. The molecule has 0 aromatic carbocycles. The van der Waals surface area contributed by atoms with Crippen LogP contribution in [0.1, 0.15) is 36.0 Å². The second-order valence-corrected chi connectivity index (χ2v) is 7.01. The summed E-state index contributed by atoms with van der Waals surface area (Å²) in [4.78, 5) is 26.1. The summed E-state index contributed by atoms with van der Waals surface area (Å²) in [7, 11) is 1.79. The van der Waals surface area contributed by atoms with Crippen molar-refractivity contribution in [3.8, 4) is 0 Å². The highest BCUT2D eigenvalue weighted by atomic mass is 35.5. The van der Waals surface area contributed by atoms with Crippen LogP contribution < -0.4 is 10.6 Å². The summed E-state index contributed by atoms with van der Waals surface area (Å²) in [5.74, 6) is 1.36. The van der Waals surface area contributed by atoms with E-state index in [0.717, 1.165) is 38.4 Å². The van der Waals surface area contributed by atoms with E-state index >= 15 is 0 Å². The lowest BCUT2D eigenvalue weighted by atomic mass is 9.96. The molecular formula is C17H28ClN5O2. The number of amides is 2. The largest absolute Gasteiger partial charge is 0.352 e. The molecule has 140 valence electrons. The molecule has 0 atom stereocenters. The number of nitrogens with zero attached hydrogens (tertiary/aromatic N) is 3. The van der Waals surface area contributed by atoms with Crippen LogP contribution in [0.15, 0.2) is 12.4 Å². The second kappa shape index (κ2) is 9.20. The van der Waals surface area contributed by atoms with E-state index in [4.69, 9.17) is 0 Å².